The number of rotatable bonds is 3. The first-order chi connectivity index (χ1) is 8.34. The van der Waals surface area contributed by atoms with Crippen molar-refractivity contribution >= 4 is 10.0 Å². The molecule has 1 aromatic heterocycles. The molecular formula is C11H19N3O3S. The van der Waals surface area contributed by atoms with Crippen LogP contribution in [0.25, 0.3) is 0 Å². The minimum absolute atomic E-state index is 0.245. The van der Waals surface area contributed by atoms with Gasteiger partial charge in [-0.15, -0.1) is 0 Å². The van der Waals surface area contributed by atoms with Crippen molar-refractivity contribution in [3.05, 3.63) is 11.4 Å². The number of nitrogens with one attached hydrogen (secondary N) is 2. The van der Waals surface area contributed by atoms with Crippen molar-refractivity contribution in [1.82, 2.24) is 14.9 Å². The van der Waals surface area contributed by atoms with Gasteiger partial charge in [-0.3, -0.25) is 5.10 Å². The number of hydrogen-bond acceptors (Lipinski definition) is 4. The summed E-state index contributed by atoms with van der Waals surface area (Å²) >= 11 is 0. The monoisotopic (exact) mass is 273 g/mol. The fourth-order valence-electron chi connectivity index (χ4n) is 2.33. The highest BCUT2D eigenvalue weighted by atomic mass is 32.2. The zero-order chi connectivity index (χ0) is 13.4. The van der Waals surface area contributed by atoms with Crippen LogP contribution in [0, 0.1) is 13.8 Å². The number of hydrogen-bond donors (Lipinski definition) is 2. The van der Waals surface area contributed by atoms with E-state index in [9.17, 15) is 8.42 Å². The van der Waals surface area contributed by atoms with Gasteiger partial charge in [0.15, 0.2) is 0 Å². The van der Waals surface area contributed by atoms with Gasteiger partial charge < -0.3 is 4.74 Å². The summed E-state index contributed by atoms with van der Waals surface area (Å²) in [5.74, 6) is 0. The van der Waals surface area contributed by atoms with Crippen LogP contribution < -0.4 is 4.72 Å². The molecule has 0 amide bonds. The molecule has 1 aliphatic heterocycles. The number of H-pyrrole nitrogens is 1. The summed E-state index contributed by atoms with van der Waals surface area (Å²) < 4.78 is 32.9. The minimum atomic E-state index is -3.56. The number of aryl methyl sites for hydroxylation is 2. The zero-order valence-corrected chi connectivity index (χ0v) is 11.7. The molecule has 0 saturated carbocycles. The average molecular weight is 273 g/mol. The second-order valence-electron chi connectivity index (χ2n) is 5.09. The van der Waals surface area contributed by atoms with Crippen LogP contribution in [0.5, 0.6) is 0 Å². The minimum Gasteiger partial charge on any atom is -0.380 e. The van der Waals surface area contributed by atoms with Gasteiger partial charge in [0, 0.05) is 6.61 Å². The molecule has 7 heteroatoms. The maximum Gasteiger partial charge on any atom is 0.244 e. The molecule has 1 aliphatic rings. The van der Waals surface area contributed by atoms with Crippen molar-refractivity contribution < 1.29 is 13.2 Å². The molecule has 0 aliphatic carbocycles. The zero-order valence-electron chi connectivity index (χ0n) is 10.9. The largest absolute Gasteiger partial charge is 0.380 e. The molecule has 18 heavy (non-hydrogen) atoms. The lowest BCUT2D eigenvalue weighted by Crippen LogP contribution is -2.51. The number of ether oxygens (including phenoxy) is 1. The maximum atomic E-state index is 12.4. The van der Waals surface area contributed by atoms with E-state index in [4.69, 9.17) is 4.74 Å². The lowest BCUT2D eigenvalue weighted by Gasteiger charge is -2.33. The van der Waals surface area contributed by atoms with E-state index in [1.165, 1.54) is 0 Å². The molecule has 0 bridgehead atoms. The predicted molar refractivity (Wildman–Crippen MR) is 66.8 cm³/mol. The van der Waals surface area contributed by atoms with Crippen LogP contribution >= 0.6 is 0 Å². The third-order valence-electron chi connectivity index (χ3n) is 3.15. The van der Waals surface area contributed by atoms with Crippen molar-refractivity contribution in [1.29, 1.82) is 0 Å². The summed E-state index contributed by atoms with van der Waals surface area (Å²) in [6.45, 7) is 6.35. The first-order valence-corrected chi connectivity index (χ1v) is 7.46. The standard InChI is InChI=1S/C11H19N3O3S/c1-8-10(9(2)13-12-8)18(15,16)14-11(3)5-4-6-17-7-11/h14H,4-7H2,1-3H3,(H,12,13). The topological polar surface area (TPSA) is 84.1 Å². The maximum absolute atomic E-state index is 12.4. The quantitative estimate of drug-likeness (QED) is 0.856. The molecule has 2 N–H and O–H groups in total. The summed E-state index contributed by atoms with van der Waals surface area (Å²) in [5, 5.41) is 6.62. The number of sulfonamides is 1. The number of nitrogens with zero attached hydrogens (tertiary/aromatic N) is 1. The van der Waals surface area contributed by atoms with Crippen LogP contribution in [-0.4, -0.2) is 37.4 Å². The van der Waals surface area contributed by atoms with Gasteiger partial charge in [-0.25, -0.2) is 13.1 Å². The highest BCUT2D eigenvalue weighted by Gasteiger charge is 2.34. The van der Waals surface area contributed by atoms with Crippen LogP contribution in [-0.2, 0) is 14.8 Å². The van der Waals surface area contributed by atoms with Gasteiger partial charge in [-0.1, -0.05) is 0 Å². The van der Waals surface area contributed by atoms with Crippen molar-refractivity contribution in [3.8, 4) is 0 Å². The first kappa shape index (κ1) is 13.5. The Hall–Kier alpha value is -0.920. The summed E-state index contributed by atoms with van der Waals surface area (Å²) in [4.78, 5) is 0.245. The lowest BCUT2D eigenvalue weighted by molar-refractivity contribution is 0.0386. The molecular weight excluding hydrogens is 254 g/mol. The average Bonchev–Trinajstić information content (AvgIpc) is 2.58. The summed E-state index contributed by atoms with van der Waals surface area (Å²) in [6.07, 6.45) is 1.64. The molecule has 0 spiro atoms. The molecule has 2 heterocycles. The smallest absolute Gasteiger partial charge is 0.244 e. The van der Waals surface area contributed by atoms with Crippen LogP contribution in [0.3, 0.4) is 0 Å². The van der Waals surface area contributed by atoms with E-state index in [1.54, 1.807) is 13.8 Å². The van der Waals surface area contributed by atoms with Gasteiger partial charge in [0.25, 0.3) is 0 Å². The fraction of sp³-hybridized carbons (Fsp3) is 0.727. The fourth-order valence-corrected chi connectivity index (χ4v) is 4.12. The molecule has 1 fully saturated rings. The van der Waals surface area contributed by atoms with Crippen LogP contribution in [0.15, 0.2) is 4.90 Å². The molecule has 1 unspecified atom stereocenters. The molecule has 1 atom stereocenters. The van der Waals surface area contributed by atoms with E-state index >= 15 is 0 Å². The van der Waals surface area contributed by atoms with E-state index < -0.39 is 15.6 Å². The highest BCUT2D eigenvalue weighted by molar-refractivity contribution is 7.89. The van der Waals surface area contributed by atoms with Gasteiger partial charge >= 0.3 is 0 Å². The van der Waals surface area contributed by atoms with Gasteiger partial charge in [0.1, 0.15) is 4.90 Å². The Morgan fingerprint density at radius 2 is 2.17 bits per heavy atom. The normalized spacial score (nSPS) is 25.3. The molecule has 1 aromatic rings. The van der Waals surface area contributed by atoms with E-state index in [1.807, 2.05) is 6.92 Å². The third-order valence-corrected chi connectivity index (χ3v) is 5.05. The highest BCUT2D eigenvalue weighted by Crippen LogP contribution is 2.23. The number of aromatic nitrogens is 2. The molecule has 1 saturated heterocycles. The van der Waals surface area contributed by atoms with Crippen LogP contribution in [0.4, 0.5) is 0 Å². The van der Waals surface area contributed by atoms with Crippen molar-refractivity contribution in [2.24, 2.45) is 0 Å². The Morgan fingerprint density at radius 3 is 2.67 bits per heavy atom. The Bertz CT molecular complexity index is 510. The second kappa shape index (κ2) is 4.64. The van der Waals surface area contributed by atoms with Crippen molar-refractivity contribution in [3.63, 3.8) is 0 Å². The molecule has 6 nitrogen and oxygen atoms in total. The second-order valence-corrected chi connectivity index (χ2v) is 6.70. The van der Waals surface area contributed by atoms with E-state index in [0.717, 1.165) is 12.8 Å². The molecule has 0 radical (unpaired) electrons. The molecule has 102 valence electrons. The Labute approximate surface area is 107 Å². The van der Waals surface area contributed by atoms with E-state index in [-0.39, 0.29) is 4.90 Å². The van der Waals surface area contributed by atoms with Crippen molar-refractivity contribution in [2.45, 2.75) is 44.0 Å². The predicted octanol–water partition coefficient (Wildman–Crippen LogP) is 0.874. The van der Waals surface area contributed by atoms with Crippen molar-refractivity contribution in [2.75, 3.05) is 13.2 Å². The Kier molecular flexibility index (Phi) is 3.48. The first-order valence-electron chi connectivity index (χ1n) is 5.97. The SMILES string of the molecule is Cc1n[nH]c(C)c1S(=O)(=O)NC1(C)CCCOC1. The van der Waals surface area contributed by atoms with E-state index in [2.05, 4.69) is 14.9 Å². The van der Waals surface area contributed by atoms with Crippen LogP contribution in [0.1, 0.15) is 31.2 Å². The van der Waals surface area contributed by atoms with Gasteiger partial charge in [-0.2, -0.15) is 5.10 Å². The summed E-state index contributed by atoms with van der Waals surface area (Å²) in [5.41, 5.74) is 0.508. The van der Waals surface area contributed by atoms with Gasteiger partial charge in [-0.05, 0) is 33.6 Å². The Balaban J connectivity index is 2.27. The van der Waals surface area contributed by atoms with Crippen LogP contribution in [0.2, 0.25) is 0 Å². The van der Waals surface area contributed by atoms with Gasteiger partial charge in [0.05, 0.1) is 23.5 Å². The summed E-state index contributed by atoms with van der Waals surface area (Å²) in [7, 11) is -3.56. The molecule has 2 rings (SSSR count). The lowest BCUT2D eigenvalue weighted by atomic mass is 9.97. The Morgan fingerprint density at radius 1 is 1.44 bits per heavy atom. The number of aromatic amines is 1. The van der Waals surface area contributed by atoms with Gasteiger partial charge in [0.2, 0.25) is 10.0 Å². The van der Waals surface area contributed by atoms with E-state index in [0.29, 0.717) is 24.6 Å². The molecule has 0 aromatic carbocycles. The third kappa shape index (κ3) is 2.57. The summed E-state index contributed by atoms with van der Waals surface area (Å²) in [6, 6.07) is 0.